The molecule has 1 fully saturated rings. The Labute approximate surface area is 128 Å². The van der Waals surface area contributed by atoms with Crippen LogP contribution in [0.15, 0.2) is 36.9 Å². The van der Waals surface area contributed by atoms with Crippen molar-refractivity contribution < 1.29 is 14.4 Å². The maximum atomic E-state index is 12.0. The standard InChI is InChI=1S/C15H18N4O3/c1-3-13(20)19(2)9-10-5-4-6-11(7-10)17-14(21)12-8-16-15(22)18-12/h3-7,12H,1,8-9H2,2H3,(H,17,21)(H2,16,18,22)/t12-/m0/s1. The van der Waals surface area contributed by atoms with Crippen molar-refractivity contribution in [3.63, 3.8) is 0 Å². The van der Waals surface area contributed by atoms with Crippen LogP contribution >= 0.6 is 0 Å². The molecular weight excluding hydrogens is 284 g/mol. The first-order valence-corrected chi connectivity index (χ1v) is 6.81. The molecule has 1 aromatic carbocycles. The molecule has 0 bridgehead atoms. The zero-order valence-electron chi connectivity index (χ0n) is 12.3. The van der Waals surface area contributed by atoms with E-state index in [0.717, 1.165) is 5.56 Å². The molecule has 0 aliphatic carbocycles. The van der Waals surface area contributed by atoms with Gasteiger partial charge in [-0.3, -0.25) is 9.59 Å². The van der Waals surface area contributed by atoms with E-state index in [1.807, 2.05) is 6.07 Å². The Morgan fingerprint density at radius 2 is 2.27 bits per heavy atom. The van der Waals surface area contributed by atoms with Crippen molar-refractivity contribution in [3.8, 4) is 0 Å². The summed E-state index contributed by atoms with van der Waals surface area (Å²) in [6, 6.07) is 6.26. The number of amides is 4. The molecule has 0 spiro atoms. The van der Waals surface area contributed by atoms with Crippen LogP contribution in [-0.4, -0.2) is 42.4 Å². The van der Waals surface area contributed by atoms with Crippen molar-refractivity contribution in [1.82, 2.24) is 15.5 Å². The normalized spacial score (nSPS) is 16.4. The van der Waals surface area contributed by atoms with E-state index in [1.54, 1.807) is 25.2 Å². The predicted octanol–water partition coefficient (Wildman–Crippen LogP) is 0.451. The fourth-order valence-corrected chi connectivity index (χ4v) is 2.10. The SMILES string of the molecule is C=CC(=O)N(C)Cc1cccc(NC(=O)[C@@H]2CNC(=O)N2)c1. The van der Waals surface area contributed by atoms with Gasteiger partial charge in [0.1, 0.15) is 6.04 Å². The summed E-state index contributed by atoms with van der Waals surface area (Å²) in [5.41, 5.74) is 1.49. The second-order valence-corrected chi connectivity index (χ2v) is 5.00. The molecule has 1 atom stereocenters. The van der Waals surface area contributed by atoms with Crippen molar-refractivity contribution in [3.05, 3.63) is 42.5 Å². The van der Waals surface area contributed by atoms with Gasteiger partial charge in [-0.1, -0.05) is 18.7 Å². The molecule has 0 aromatic heterocycles. The summed E-state index contributed by atoms with van der Waals surface area (Å²) in [6.07, 6.45) is 1.25. The van der Waals surface area contributed by atoms with Crippen LogP contribution in [0.1, 0.15) is 5.56 Å². The lowest BCUT2D eigenvalue weighted by Gasteiger charge is -2.16. The molecule has 1 aliphatic heterocycles. The van der Waals surface area contributed by atoms with Gasteiger partial charge in [0, 0.05) is 25.8 Å². The number of anilines is 1. The zero-order chi connectivity index (χ0) is 16.1. The van der Waals surface area contributed by atoms with Gasteiger partial charge in [0.25, 0.3) is 0 Å². The van der Waals surface area contributed by atoms with Crippen LogP contribution in [0.25, 0.3) is 0 Å². The number of carbonyl (C=O) groups excluding carboxylic acids is 3. The van der Waals surface area contributed by atoms with E-state index < -0.39 is 6.04 Å². The van der Waals surface area contributed by atoms with Gasteiger partial charge < -0.3 is 20.9 Å². The molecule has 2 rings (SSSR count). The molecule has 116 valence electrons. The number of nitrogens with one attached hydrogen (secondary N) is 3. The molecule has 1 aromatic rings. The maximum Gasteiger partial charge on any atom is 0.315 e. The number of urea groups is 1. The van der Waals surface area contributed by atoms with E-state index in [-0.39, 0.29) is 24.4 Å². The molecular formula is C15H18N4O3. The monoisotopic (exact) mass is 302 g/mol. The highest BCUT2D eigenvalue weighted by molar-refractivity contribution is 5.98. The number of likely N-dealkylation sites (N-methyl/N-ethyl adjacent to an activating group) is 1. The average Bonchev–Trinajstić information content (AvgIpc) is 2.93. The lowest BCUT2D eigenvalue weighted by molar-refractivity contribution is -0.125. The smallest absolute Gasteiger partial charge is 0.315 e. The van der Waals surface area contributed by atoms with Crippen LogP contribution in [-0.2, 0) is 16.1 Å². The molecule has 22 heavy (non-hydrogen) atoms. The molecule has 4 amide bonds. The molecule has 0 saturated carbocycles. The molecule has 0 radical (unpaired) electrons. The number of benzene rings is 1. The third kappa shape index (κ3) is 3.85. The van der Waals surface area contributed by atoms with E-state index in [2.05, 4.69) is 22.5 Å². The Morgan fingerprint density at radius 1 is 1.50 bits per heavy atom. The fraction of sp³-hybridized carbons (Fsp3) is 0.267. The van der Waals surface area contributed by atoms with Gasteiger partial charge in [-0.25, -0.2) is 4.79 Å². The largest absolute Gasteiger partial charge is 0.338 e. The molecule has 1 aliphatic rings. The van der Waals surface area contributed by atoms with Crippen LogP contribution in [0.3, 0.4) is 0 Å². The van der Waals surface area contributed by atoms with Gasteiger partial charge in [0.05, 0.1) is 0 Å². The highest BCUT2D eigenvalue weighted by atomic mass is 16.2. The fourth-order valence-electron chi connectivity index (χ4n) is 2.10. The van der Waals surface area contributed by atoms with Gasteiger partial charge in [-0.15, -0.1) is 0 Å². The highest BCUT2D eigenvalue weighted by Crippen LogP contribution is 2.13. The first kappa shape index (κ1) is 15.6. The van der Waals surface area contributed by atoms with Crippen LogP contribution in [0.2, 0.25) is 0 Å². The summed E-state index contributed by atoms with van der Waals surface area (Å²) in [5, 5.41) is 7.79. The number of carbonyl (C=O) groups is 3. The summed E-state index contributed by atoms with van der Waals surface area (Å²) < 4.78 is 0. The van der Waals surface area contributed by atoms with Crippen molar-refractivity contribution in [1.29, 1.82) is 0 Å². The van der Waals surface area contributed by atoms with Crippen LogP contribution in [0, 0.1) is 0 Å². The minimum absolute atomic E-state index is 0.172. The first-order valence-electron chi connectivity index (χ1n) is 6.81. The summed E-state index contributed by atoms with van der Waals surface area (Å²) in [6.45, 7) is 4.12. The first-order chi connectivity index (χ1) is 10.5. The van der Waals surface area contributed by atoms with E-state index in [0.29, 0.717) is 12.2 Å². The van der Waals surface area contributed by atoms with Gasteiger partial charge in [-0.2, -0.15) is 0 Å². The van der Waals surface area contributed by atoms with Gasteiger partial charge >= 0.3 is 6.03 Å². The average molecular weight is 302 g/mol. The molecule has 3 N–H and O–H groups in total. The Morgan fingerprint density at radius 3 is 2.91 bits per heavy atom. The summed E-state index contributed by atoms with van der Waals surface area (Å²) in [7, 11) is 1.68. The van der Waals surface area contributed by atoms with Crippen molar-refractivity contribution in [2.45, 2.75) is 12.6 Å². The third-order valence-electron chi connectivity index (χ3n) is 3.25. The van der Waals surface area contributed by atoms with Crippen LogP contribution in [0.4, 0.5) is 10.5 Å². The van der Waals surface area contributed by atoms with Crippen molar-refractivity contribution >= 4 is 23.5 Å². The van der Waals surface area contributed by atoms with Crippen LogP contribution < -0.4 is 16.0 Å². The van der Waals surface area contributed by atoms with Crippen LogP contribution in [0.5, 0.6) is 0 Å². The molecule has 7 heteroatoms. The van der Waals surface area contributed by atoms with Gasteiger partial charge in [0.15, 0.2) is 0 Å². The third-order valence-corrected chi connectivity index (χ3v) is 3.25. The number of hydrogen-bond acceptors (Lipinski definition) is 3. The van der Waals surface area contributed by atoms with Gasteiger partial charge in [-0.05, 0) is 23.8 Å². The summed E-state index contributed by atoms with van der Waals surface area (Å²) in [5.74, 6) is -0.458. The quantitative estimate of drug-likeness (QED) is 0.690. The van der Waals surface area contributed by atoms with Gasteiger partial charge in [0.2, 0.25) is 11.8 Å². The summed E-state index contributed by atoms with van der Waals surface area (Å²) >= 11 is 0. The molecule has 7 nitrogen and oxygen atoms in total. The second-order valence-electron chi connectivity index (χ2n) is 5.00. The number of nitrogens with zero attached hydrogens (tertiary/aromatic N) is 1. The summed E-state index contributed by atoms with van der Waals surface area (Å²) in [4.78, 5) is 36.0. The Kier molecular flexibility index (Phi) is 4.77. The van der Waals surface area contributed by atoms with Crippen molar-refractivity contribution in [2.24, 2.45) is 0 Å². The lowest BCUT2D eigenvalue weighted by Crippen LogP contribution is -2.38. The Bertz CT molecular complexity index is 615. The Hall–Kier alpha value is -2.83. The zero-order valence-corrected chi connectivity index (χ0v) is 12.3. The second kappa shape index (κ2) is 6.75. The highest BCUT2D eigenvalue weighted by Gasteiger charge is 2.26. The van der Waals surface area contributed by atoms with E-state index in [1.165, 1.54) is 11.0 Å². The minimum Gasteiger partial charge on any atom is -0.338 e. The topological polar surface area (TPSA) is 90.5 Å². The van der Waals surface area contributed by atoms with E-state index in [4.69, 9.17) is 0 Å². The molecule has 1 saturated heterocycles. The number of rotatable bonds is 5. The predicted molar refractivity (Wildman–Crippen MR) is 82.1 cm³/mol. The van der Waals surface area contributed by atoms with E-state index >= 15 is 0 Å². The Balaban J connectivity index is 1.99. The number of hydrogen-bond donors (Lipinski definition) is 3. The van der Waals surface area contributed by atoms with E-state index in [9.17, 15) is 14.4 Å². The molecule has 1 heterocycles. The lowest BCUT2D eigenvalue weighted by atomic mass is 10.2. The maximum absolute atomic E-state index is 12.0. The molecule has 0 unspecified atom stereocenters. The van der Waals surface area contributed by atoms with Crippen molar-refractivity contribution in [2.75, 3.05) is 18.9 Å². The minimum atomic E-state index is -0.582.